The van der Waals surface area contributed by atoms with Gasteiger partial charge < -0.3 is 9.58 Å². The molecule has 0 aliphatic carbocycles. The van der Waals surface area contributed by atoms with Gasteiger partial charge in [-0.25, -0.2) is 6.57 Å². The zero-order valence-electron chi connectivity index (χ0n) is 16.6. The summed E-state index contributed by atoms with van der Waals surface area (Å²) in [5, 5.41) is 10.1. The predicted octanol–water partition coefficient (Wildman–Crippen LogP) is 4.47. The predicted molar refractivity (Wildman–Crippen MR) is 115 cm³/mol. The van der Waals surface area contributed by atoms with Crippen LogP contribution < -0.4 is 0 Å². The van der Waals surface area contributed by atoms with E-state index in [0.717, 1.165) is 32.3 Å². The average Bonchev–Trinajstić information content (AvgIpc) is 3.22. The first-order chi connectivity index (χ1) is 14.4. The van der Waals surface area contributed by atoms with Gasteiger partial charge in [0, 0.05) is 16.1 Å². The summed E-state index contributed by atoms with van der Waals surface area (Å²) in [4.78, 5) is 21.6. The zero-order chi connectivity index (χ0) is 21.4. The van der Waals surface area contributed by atoms with Crippen molar-refractivity contribution in [3.05, 3.63) is 73.9 Å². The summed E-state index contributed by atoms with van der Waals surface area (Å²) < 4.78 is 6.84. The van der Waals surface area contributed by atoms with Crippen LogP contribution in [0, 0.1) is 20.4 Å². The Labute approximate surface area is 182 Å². The fourth-order valence-corrected chi connectivity index (χ4v) is 4.94. The lowest BCUT2D eigenvalue weighted by molar-refractivity contribution is -0.141. The van der Waals surface area contributed by atoms with Gasteiger partial charge in [-0.1, -0.05) is 23.7 Å². The number of carbonyl (C=O) groups is 1. The van der Waals surface area contributed by atoms with E-state index < -0.39 is 6.04 Å². The summed E-state index contributed by atoms with van der Waals surface area (Å²) in [6, 6.07) is 6.89. The molecular weight excluding hydrogens is 422 g/mol. The molecule has 0 bridgehead atoms. The fourth-order valence-electron chi connectivity index (χ4n) is 3.53. The monoisotopic (exact) mass is 439 g/mol. The van der Waals surface area contributed by atoms with Gasteiger partial charge in [0.05, 0.1) is 24.1 Å². The number of esters is 1. The van der Waals surface area contributed by atoms with Crippen LogP contribution in [0.15, 0.2) is 29.3 Å². The number of rotatable bonds is 4. The van der Waals surface area contributed by atoms with Gasteiger partial charge >= 0.3 is 5.97 Å². The molecule has 1 aromatic carbocycles. The number of fused-ring (bicyclic) bond motifs is 3. The molecule has 9 heteroatoms. The molecule has 1 aliphatic heterocycles. The Morgan fingerprint density at radius 1 is 1.30 bits per heavy atom. The van der Waals surface area contributed by atoms with Crippen molar-refractivity contribution in [2.75, 3.05) is 7.11 Å². The molecule has 0 amide bonds. The Morgan fingerprint density at radius 3 is 2.70 bits per heavy atom. The van der Waals surface area contributed by atoms with Crippen molar-refractivity contribution in [2.24, 2.45) is 4.99 Å². The minimum Gasteiger partial charge on any atom is -0.469 e. The van der Waals surface area contributed by atoms with Crippen LogP contribution in [0.1, 0.15) is 45.7 Å². The molecule has 7 nitrogen and oxygen atoms in total. The van der Waals surface area contributed by atoms with E-state index in [0.29, 0.717) is 23.2 Å². The first kappa shape index (κ1) is 20.3. The van der Waals surface area contributed by atoms with E-state index in [-0.39, 0.29) is 12.4 Å². The Bertz CT molecular complexity index is 1200. The molecule has 0 unspecified atom stereocenters. The van der Waals surface area contributed by atoms with E-state index in [4.69, 9.17) is 27.9 Å². The van der Waals surface area contributed by atoms with E-state index in [1.807, 2.05) is 42.7 Å². The summed E-state index contributed by atoms with van der Waals surface area (Å²) in [5.41, 5.74) is 3.54. The van der Waals surface area contributed by atoms with E-state index in [2.05, 4.69) is 15.0 Å². The maximum absolute atomic E-state index is 12.1. The maximum atomic E-state index is 12.1. The molecule has 3 aromatic rings. The number of benzene rings is 1. The van der Waals surface area contributed by atoms with Gasteiger partial charge in [0.15, 0.2) is 5.82 Å². The molecule has 152 valence electrons. The maximum Gasteiger partial charge on any atom is 0.308 e. The highest BCUT2D eigenvalue weighted by Gasteiger charge is 2.33. The number of hydrogen-bond acceptors (Lipinski definition) is 6. The van der Waals surface area contributed by atoms with Crippen LogP contribution in [0.25, 0.3) is 9.85 Å². The molecule has 1 atom stereocenters. The quantitative estimate of drug-likeness (QED) is 0.444. The lowest BCUT2D eigenvalue weighted by Crippen LogP contribution is -2.12. The number of carbonyl (C=O) groups excluding carboxylic acids is 1. The van der Waals surface area contributed by atoms with Crippen LogP contribution in [0.5, 0.6) is 0 Å². The minimum atomic E-state index is -0.548. The molecular formula is C21H18ClN5O2S. The third kappa shape index (κ3) is 3.40. The van der Waals surface area contributed by atoms with E-state index in [9.17, 15) is 4.79 Å². The molecule has 0 radical (unpaired) electrons. The van der Waals surface area contributed by atoms with Crippen molar-refractivity contribution in [2.45, 2.75) is 32.9 Å². The van der Waals surface area contributed by atoms with Crippen LogP contribution >= 0.6 is 22.9 Å². The van der Waals surface area contributed by atoms with Crippen LogP contribution in [0.4, 0.5) is 0 Å². The smallest absolute Gasteiger partial charge is 0.308 e. The fraction of sp³-hybridized carbons (Fsp3) is 0.286. The highest BCUT2D eigenvalue weighted by Crippen LogP contribution is 2.40. The van der Waals surface area contributed by atoms with Gasteiger partial charge in [-0.05, 0) is 31.5 Å². The zero-order valence-corrected chi connectivity index (χ0v) is 18.2. The normalized spacial score (nSPS) is 14.9. The topological polar surface area (TPSA) is 73.7 Å². The van der Waals surface area contributed by atoms with Crippen molar-refractivity contribution >= 4 is 34.6 Å². The molecule has 0 saturated heterocycles. The molecule has 4 rings (SSSR count). The number of aliphatic imine (C=N–C) groups is 1. The van der Waals surface area contributed by atoms with Crippen LogP contribution in [-0.2, 0) is 16.1 Å². The van der Waals surface area contributed by atoms with Gasteiger partial charge in [0.2, 0.25) is 6.54 Å². The van der Waals surface area contributed by atoms with Gasteiger partial charge in [0.25, 0.3) is 0 Å². The van der Waals surface area contributed by atoms with Crippen LogP contribution in [0.2, 0.25) is 5.02 Å². The van der Waals surface area contributed by atoms with Crippen molar-refractivity contribution < 1.29 is 9.53 Å². The minimum absolute atomic E-state index is 0.0502. The summed E-state index contributed by atoms with van der Waals surface area (Å²) in [7, 11) is 1.36. The van der Waals surface area contributed by atoms with E-state index >= 15 is 0 Å². The average molecular weight is 440 g/mol. The second-order valence-electron chi connectivity index (χ2n) is 6.87. The largest absolute Gasteiger partial charge is 0.469 e. The number of thiophene rings is 1. The molecule has 0 spiro atoms. The second-order valence-corrected chi connectivity index (χ2v) is 8.39. The van der Waals surface area contributed by atoms with E-state index in [1.54, 1.807) is 0 Å². The van der Waals surface area contributed by atoms with Crippen molar-refractivity contribution in [3.8, 4) is 5.00 Å². The Kier molecular flexibility index (Phi) is 5.41. The SMILES string of the molecule is [C-]#[N+]Cc1sc2c(c1C)C(c1ccc(Cl)cc1)=N[C@@H](CC(=O)OC)c1nnc(C)n1-2. The number of ether oxygens (including phenoxy) is 1. The van der Waals surface area contributed by atoms with E-state index in [1.165, 1.54) is 18.4 Å². The van der Waals surface area contributed by atoms with Gasteiger partial charge in [0.1, 0.15) is 16.9 Å². The highest BCUT2D eigenvalue weighted by atomic mass is 35.5. The lowest BCUT2D eigenvalue weighted by Gasteiger charge is -2.11. The molecule has 0 fully saturated rings. The van der Waals surface area contributed by atoms with Crippen molar-refractivity contribution in [3.63, 3.8) is 0 Å². The third-order valence-electron chi connectivity index (χ3n) is 5.03. The number of aryl methyl sites for hydroxylation is 1. The molecule has 30 heavy (non-hydrogen) atoms. The summed E-state index contributed by atoms with van der Waals surface area (Å²) in [6.07, 6.45) is 0.0502. The number of nitrogens with zero attached hydrogens (tertiary/aromatic N) is 5. The summed E-state index contributed by atoms with van der Waals surface area (Å²) in [5.74, 6) is 0.907. The number of halogens is 1. The Morgan fingerprint density at radius 2 is 2.03 bits per heavy atom. The molecule has 0 saturated carbocycles. The number of aromatic nitrogens is 3. The standard InChI is InChI=1S/C21H18ClN5O2S/c1-11-16(10-23-3)30-21-18(11)19(13-5-7-14(22)8-6-13)24-15(9-17(28)29-4)20-26-25-12(2)27(20)21/h5-8,15H,9-10H2,1-2,4H3/t15-/m0/s1. The van der Waals surface area contributed by atoms with Crippen molar-refractivity contribution in [1.29, 1.82) is 0 Å². The molecule has 0 N–H and O–H groups in total. The Hall–Kier alpha value is -3.02. The molecule has 1 aliphatic rings. The Balaban J connectivity index is 2.02. The van der Waals surface area contributed by atoms with Crippen LogP contribution in [-0.4, -0.2) is 33.6 Å². The van der Waals surface area contributed by atoms with Gasteiger partial charge in [-0.3, -0.25) is 14.4 Å². The first-order valence-corrected chi connectivity index (χ1v) is 10.4. The summed E-state index contributed by atoms with van der Waals surface area (Å²) in [6.45, 7) is 11.5. The third-order valence-corrected chi connectivity index (χ3v) is 6.54. The number of methoxy groups -OCH3 is 1. The number of hydrogen-bond donors (Lipinski definition) is 0. The highest BCUT2D eigenvalue weighted by molar-refractivity contribution is 7.15. The van der Waals surface area contributed by atoms with Crippen molar-refractivity contribution in [1.82, 2.24) is 14.8 Å². The summed E-state index contributed by atoms with van der Waals surface area (Å²) >= 11 is 7.63. The first-order valence-electron chi connectivity index (χ1n) is 9.23. The molecule has 2 aromatic heterocycles. The van der Waals surface area contributed by atoms with Gasteiger partial charge in [-0.15, -0.1) is 21.5 Å². The molecule has 3 heterocycles. The second kappa shape index (κ2) is 8.01. The lowest BCUT2D eigenvalue weighted by atomic mass is 9.99. The van der Waals surface area contributed by atoms with Crippen LogP contribution in [0.3, 0.4) is 0 Å². The van der Waals surface area contributed by atoms with Gasteiger partial charge in [-0.2, -0.15) is 0 Å².